The zero-order valence-corrected chi connectivity index (χ0v) is 11.8. The Morgan fingerprint density at radius 1 is 1.41 bits per heavy atom. The van der Waals surface area contributed by atoms with E-state index in [2.05, 4.69) is 26.8 Å². The summed E-state index contributed by atoms with van der Waals surface area (Å²) >= 11 is 0. The van der Waals surface area contributed by atoms with Gasteiger partial charge in [0.15, 0.2) is 0 Å². The SMILES string of the molecule is CC(C)CCC(C)(O)C1(C#N)CCC(C)CC1. The normalized spacial score (nSPS) is 33.1. The van der Waals surface area contributed by atoms with Crippen molar-refractivity contribution in [3.63, 3.8) is 0 Å². The van der Waals surface area contributed by atoms with Crippen molar-refractivity contribution < 1.29 is 5.11 Å². The van der Waals surface area contributed by atoms with Crippen molar-refractivity contribution in [3.8, 4) is 6.07 Å². The van der Waals surface area contributed by atoms with Gasteiger partial charge in [0.05, 0.1) is 17.1 Å². The van der Waals surface area contributed by atoms with Gasteiger partial charge in [-0.25, -0.2) is 0 Å². The molecule has 1 rings (SSSR count). The van der Waals surface area contributed by atoms with Crippen LogP contribution in [-0.2, 0) is 0 Å². The van der Waals surface area contributed by atoms with Crippen LogP contribution in [-0.4, -0.2) is 10.7 Å². The van der Waals surface area contributed by atoms with Crippen LogP contribution in [0, 0.1) is 28.6 Å². The first kappa shape index (κ1) is 14.5. The molecule has 0 bridgehead atoms. The largest absolute Gasteiger partial charge is 0.389 e. The second-order valence-corrected chi connectivity index (χ2v) is 6.58. The molecule has 17 heavy (non-hydrogen) atoms. The van der Waals surface area contributed by atoms with Crippen molar-refractivity contribution in [2.75, 3.05) is 0 Å². The van der Waals surface area contributed by atoms with Crippen molar-refractivity contribution in [2.24, 2.45) is 17.3 Å². The van der Waals surface area contributed by atoms with Crippen LogP contribution in [0.15, 0.2) is 0 Å². The summed E-state index contributed by atoms with van der Waals surface area (Å²) in [6.07, 6.45) is 5.60. The molecular weight excluding hydrogens is 210 g/mol. The Labute approximate surface area is 106 Å². The van der Waals surface area contributed by atoms with Gasteiger partial charge in [0.2, 0.25) is 0 Å². The molecule has 0 aromatic carbocycles. The highest BCUT2D eigenvalue weighted by Gasteiger charge is 2.48. The number of rotatable bonds is 4. The summed E-state index contributed by atoms with van der Waals surface area (Å²) in [5.74, 6) is 1.29. The van der Waals surface area contributed by atoms with E-state index in [-0.39, 0.29) is 0 Å². The lowest BCUT2D eigenvalue weighted by Gasteiger charge is -2.44. The summed E-state index contributed by atoms with van der Waals surface area (Å²) in [6, 6.07) is 2.45. The van der Waals surface area contributed by atoms with Gasteiger partial charge in [-0.05, 0) is 57.3 Å². The number of hydrogen-bond donors (Lipinski definition) is 1. The minimum atomic E-state index is -0.827. The van der Waals surface area contributed by atoms with E-state index >= 15 is 0 Å². The molecule has 0 spiro atoms. The smallest absolute Gasteiger partial charge is 0.0857 e. The summed E-state index contributed by atoms with van der Waals surface area (Å²) in [5, 5.41) is 20.2. The average molecular weight is 237 g/mol. The highest BCUT2D eigenvalue weighted by molar-refractivity contribution is 5.11. The van der Waals surface area contributed by atoms with Gasteiger partial charge in [0.1, 0.15) is 0 Å². The topological polar surface area (TPSA) is 44.0 Å². The highest BCUT2D eigenvalue weighted by Crippen LogP contribution is 2.48. The van der Waals surface area contributed by atoms with Gasteiger partial charge in [-0.2, -0.15) is 5.26 Å². The van der Waals surface area contributed by atoms with Crippen LogP contribution in [0.5, 0.6) is 0 Å². The lowest BCUT2D eigenvalue weighted by Crippen LogP contribution is -2.47. The Bertz CT molecular complexity index is 280. The van der Waals surface area contributed by atoms with Crippen molar-refractivity contribution in [2.45, 2.75) is 71.8 Å². The summed E-state index contributed by atoms with van der Waals surface area (Å²) in [7, 11) is 0. The van der Waals surface area contributed by atoms with E-state index in [1.807, 2.05) is 6.92 Å². The van der Waals surface area contributed by atoms with Crippen LogP contribution >= 0.6 is 0 Å². The molecule has 98 valence electrons. The number of aliphatic hydroxyl groups is 1. The monoisotopic (exact) mass is 237 g/mol. The Morgan fingerprint density at radius 3 is 2.35 bits per heavy atom. The molecule has 0 aromatic heterocycles. The lowest BCUT2D eigenvalue weighted by molar-refractivity contribution is -0.0714. The van der Waals surface area contributed by atoms with Crippen LogP contribution < -0.4 is 0 Å². The fourth-order valence-electron chi connectivity index (χ4n) is 2.83. The third-order valence-corrected chi connectivity index (χ3v) is 4.58. The molecule has 1 aliphatic carbocycles. The first-order valence-electron chi connectivity index (χ1n) is 6.96. The number of hydrogen-bond acceptors (Lipinski definition) is 2. The molecule has 1 unspecified atom stereocenters. The fraction of sp³-hybridized carbons (Fsp3) is 0.933. The Balaban J connectivity index is 2.75. The molecule has 0 amide bonds. The summed E-state index contributed by atoms with van der Waals surface area (Å²) in [4.78, 5) is 0. The molecule has 1 N–H and O–H groups in total. The number of nitriles is 1. The van der Waals surface area contributed by atoms with Gasteiger partial charge >= 0.3 is 0 Å². The van der Waals surface area contributed by atoms with Gasteiger partial charge in [-0.1, -0.05) is 20.8 Å². The van der Waals surface area contributed by atoms with E-state index in [0.717, 1.165) is 38.5 Å². The average Bonchev–Trinajstić information content (AvgIpc) is 2.28. The van der Waals surface area contributed by atoms with E-state index in [9.17, 15) is 10.4 Å². The number of nitrogens with zero attached hydrogens (tertiary/aromatic N) is 1. The third-order valence-electron chi connectivity index (χ3n) is 4.58. The summed E-state index contributed by atoms with van der Waals surface area (Å²) in [5.41, 5.74) is -1.33. The molecule has 1 aliphatic rings. The maximum atomic E-state index is 10.7. The Kier molecular flexibility index (Phi) is 4.61. The van der Waals surface area contributed by atoms with E-state index in [4.69, 9.17) is 0 Å². The Morgan fingerprint density at radius 2 is 1.94 bits per heavy atom. The molecule has 0 aromatic rings. The molecule has 0 heterocycles. The minimum Gasteiger partial charge on any atom is -0.389 e. The van der Waals surface area contributed by atoms with Crippen molar-refractivity contribution in [3.05, 3.63) is 0 Å². The molecule has 1 fully saturated rings. The van der Waals surface area contributed by atoms with E-state index in [1.165, 1.54) is 0 Å². The molecule has 0 saturated heterocycles. The van der Waals surface area contributed by atoms with Gasteiger partial charge in [-0.15, -0.1) is 0 Å². The van der Waals surface area contributed by atoms with Gasteiger partial charge in [0.25, 0.3) is 0 Å². The molecule has 1 atom stereocenters. The lowest BCUT2D eigenvalue weighted by atomic mass is 9.61. The molecule has 2 heteroatoms. The van der Waals surface area contributed by atoms with E-state index in [0.29, 0.717) is 11.8 Å². The molecular formula is C15H27NO. The Hall–Kier alpha value is -0.550. The highest BCUT2D eigenvalue weighted by atomic mass is 16.3. The van der Waals surface area contributed by atoms with E-state index < -0.39 is 11.0 Å². The van der Waals surface area contributed by atoms with Crippen molar-refractivity contribution in [1.82, 2.24) is 0 Å². The molecule has 2 nitrogen and oxygen atoms in total. The molecule has 0 aliphatic heterocycles. The van der Waals surface area contributed by atoms with E-state index in [1.54, 1.807) is 0 Å². The second kappa shape index (κ2) is 5.40. The second-order valence-electron chi connectivity index (χ2n) is 6.58. The van der Waals surface area contributed by atoms with Gasteiger partial charge < -0.3 is 5.11 Å². The van der Waals surface area contributed by atoms with Crippen LogP contribution in [0.1, 0.15) is 66.2 Å². The summed E-state index contributed by atoms with van der Waals surface area (Å²) in [6.45, 7) is 8.44. The van der Waals surface area contributed by atoms with Crippen LogP contribution in [0.2, 0.25) is 0 Å². The maximum absolute atomic E-state index is 10.7. The predicted octanol–water partition coefficient (Wildman–Crippen LogP) is 3.89. The minimum absolute atomic E-state index is 0.506. The fourth-order valence-corrected chi connectivity index (χ4v) is 2.83. The third kappa shape index (κ3) is 3.22. The first-order valence-corrected chi connectivity index (χ1v) is 6.96. The zero-order chi connectivity index (χ0) is 13.1. The van der Waals surface area contributed by atoms with Crippen molar-refractivity contribution in [1.29, 1.82) is 5.26 Å². The summed E-state index contributed by atoms with van der Waals surface area (Å²) < 4.78 is 0. The quantitative estimate of drug-likeness (QED) is 0.806. The van der Waals surface area contributed by atoms with Crippen LogP contribution in [0.3, 0.4) is 0 Å². The predicted molar refractivity (Wildman–Crippen MR) is 70.4 cm³/mol. The molecule has 0 radical (unpaired) electrons. The van der Waals surface area contributed by atoms with Crippen molar-refractivity contribution >= 4 is 0 Å². The maximum Gasteiger partial charge on any atom is 0.0857 e. The standard InChI is InChI=1S/C15H27NO/c1-12(2)5-8-14(4,17)15(11-16)9-6-13(3)7-10-15/h12-13,17H,5-10H2,1-4H3. The van der Waals surface area contributed by atoms with Gasteiger partial charge in [-0.3, -0.25) is 0 Å². The van der Waals surface area contributed by atoms with Crippen LogP contribution in [0.25, 0.3) is 0 Å². The van der Waals surface area contributed by atoms with Gasteiger partial charge in [0, 0.05) is 0 Å². The first-order chi connectivity index (χ1) is 7.83. The molecule has 1 saturated carbocycles. The zero-order valence-electron chi connectivity index (χ0n) is 11.8. The van der Waals surface area contributed by atoms with Crippen LogP contribution in [0.4, 0.5) is 0 Å².